The summed E-state index contributed by atoms with van der Waals surface area (Å²) in [6.07, 6.45) is -1.24. The van der Waals surface area contributed by atoms with Gasteiger partial charge in [-0.05, 0) is 18.2 Å². The molecule has 0 fully saturated rings. The number of furan rings is 1. The Morgan fingerprint density at radius 3 is 2.94 bits per heavy atom. The Morgan fingerprint density at radius 1 is 1.50 bits per heavy atom. The van der Waals surface area contributed by atoms with Crippen LogP contribution in [0.15, 0.2) is 28.7 Å². The summed E-state index contributed by atoms with van der Waals surface area (Å²) in [6.45, 7) is -0.576. The molecule has 84 valence electrons. The normalized spacial score (nSPS) is 12.9. The Hall–Kier alpha value is -1.59. The van der Waals surface area contributed by atoms with E-state index in [1.807, 2.05) is 0 Å². The van der Waals surface area contributed by atoms with Crippen molar-refractivity contribution in [1.29, 1.82) is 0 Å². The molecule has 1 aromatic heterocycles. The van der Waals surface area contributed by atoms with E-state index in [-0.39, 0.29) is 5.76 Å². The Morgan fingerprint density at radius 2 is 2.25 bits per heavy atom. The average molecular weight is 242 g/mol. The van der Waals surface area contributed by atoms with Crippen molar-refractivity contribution in [2.45, 2.75) is 6.10 Å². The molecule has 1 atom stereocenters. The smallest absolute Gasteiger partial charge is 0.236 e. The van der Waals surface area contributed by atoms with Crippen molar-refractivity contribution < 1.29 is 14.4 Å². The molecule has 5 nitrogen and oxygen atoms in total. The van der Waals surface area contributed by atoms with Gasteiger partial charge in [-0.1, -0.05) is 11.6 Å². The number of hydrogen-bond acceptors (Lipinski definition) is 4. The van der Waals surface area contributed by atoms with Crippen molar-refractivity contribution in [3.8, 4) is 0 Å². The van der Waals surface area contributed by atoms with Crippen molar-refractivity contribution in [3.63, 3.8) is 0 Å². The van der Waals surface area contributed by atoms with Crippen LogP contribution in [0.5, 0.6) is 0 Å². The van der Waals surface area contributed by atoms with Gasteiger partial charge in [0.15, 0.2) is 6.10 Å². The minimum atomic E-state index is -1.24. The van der Waals surface area contributed by atoms with Crippen LogP contribution in [0.4, 0.5) is 0 Å². The molecule has 1 N–H and O–H groups in total. The number of nitro groups is 1. The van der Waals surface area contributed by atoms with Crippen LogP contribution in [0, 0.1) is 10.1 Å². The first-order chi connectivity index (χ1) is 7.56. The lowest BCUT2D eigenvalue weighted by molar-refractivity contribution is -0.492. The minimum absolute atomic E-state index is 0.175. The van der Waals surface area contributed by atoms with E-state index < -0.39 is 17.6 Å². The Balaban J connectivity index is 2.35. The zero-order chi connectivity index (χ0) is 11.7. The molecule has 1 heterocycles. The summed E-state index contributed by atoms with van der Waals surface area (Å²) >= 11 is 5.76. The SMILES string of the molecule is O=[N+]([O-])C[C@H](O)c1cc2ccc(Cl)cc2o1. The van der Waals surface area contributed by atoms with Gasteiger partial charge in [0, 0.05) is 21.4 Å². The van der Waals surface area contributed by atoms with E-state index in [0.717, 1.165) is 5.39 Å². The molecular formula is C10H8ClNO4. The van der Waals surface area contributed by atoms with Crippen LogP contribution in [0.25, 0.3) is 11.0 Å². The molecule has 0 aliphatic rings. The van der Waals surface area contributed by atoms with Crippen molar-refractivity contribution in [2.75, 3.05) is 6.54 Å². The lowest BCUT2D eigenvalue weighted by Crippen LogP contribution is -2.10. The number of aliphatic hydroxyl groups is 1. The molecular weight excluding hydrogens is 234 g/mol. The van der Waals surface area contributed by atoms with Crippen LogP contribution in [0.2, 0.25) is 5.02 Å². The molecule has 0 radical (unpaired) electrons. The maximum Gasteiger partial charge on any atom is 0.236 e. The second-order valence-corrected chi connectivity index (χ2v) is 3.80. The minimum Gasteiger partial charge on any atom is -0.458 e. The van der Waals surface area contributed by atoms with Crippen LogP contribution in [0.3, 0.4) is 0 Å². The molecule has 0 saturated heterocycles. The highest BCUT2D eigenvalue weighted by Crippen LogP contribution is 2.26. The lowest BCUT2D eigenvalue weighted by atomic mass is 10.2. The largest absolute Gasteiger partial charge is 0.458 e. The van der Waals surface area contributed by atoms with Gasteiger partial charge in [-0.2, -0.15) is 0 Å². The first-order valence-electron chi connectivity index (χ1n) is 4.55. The molecule has 0 saturated carbocycles. The fourth-order valence-electron chi connectivity index (χ4n) is 1.42. The van der Waals surface area contributed by atoms with Crippen molar-refractivity contribution in [2.24, 2.45) is 0 Å². The van der Waals surface area contributed by atoms with Gasteiger partial charge in [-0.3, -0.25) is 10.1 Å². The molecule has 0 spiro atoms. The molecule has 0 aliphatic carbocycles. The number of nitrogens with zero attached hydrogens (tertiary/aromatic N) is 1. The van der Waals surface area contributed by atoms with E-state index in [4.69, 9.17) is 16.0 Å². The molecule has 0 aliphatic heterocycles. The van der Waals surface area contributed by atoms with Crippen LogP contribution < -0.4 is 0 Å². The van der Waals surface area contributed by atoms with Gasteiger partial charge < -0.3 is 9.52 Å². The first kappa shape index (κ1) is 10.9. The van der Waals surface area contributed by atoms with Gasteiger partial charge in [0.1, 0.15) is 11.3 Å². The highest BCUT2D eigenvalue weighted by Gasteiger charge is 2.18. The molecule has 2 rings (SSSR count). The predicted octanol–water partition coefficient (Wildman–Crippen LogP) is 2.40. The van der Waals surface area contributed by atoms with Crippen LogP contribution in [-0.2, 0) is 0 Å². The molecule has 0 unspecified atom stereocenters. The van der Waals surface area contributed by atoms with E-state index in [0.29, 0.717) is 10.6 Å². The molecule has 6 heteroatoms. The molecule has 16 heavy (non-hydrogen) atoms. The highest BCUT2D eigenvalue weighted by molar-refractivity contribution is 6.31. The average Bonchev–Trinajstić information content (AvgIpc) is 2.59. The Bertz CT molecular complexity index is 537. The number of hydrogen-bond donors (Lipinski definition) is 1. The summed E-state index contributed by atoms with van der Waals surface area (Å²) in [6, 6.07) is 6.58. The predicted molar refractivity (Wildman–Crippen MR) is 58.0 cm³/mol. The summed E-state index contributed by atoms with van der Waals surface area (Å²) < 4.78 is 5.27. The van der Waals surface area contributed by atoms with Gasteiger partial charge in [0.25, 0.3) is 0 Å². The van der Waals surface area contributed by atoms with Crippen molar-refractivity contribution >= 4 is 22.6 Å². The number of benzene rings is 1. The topological polar surface area (TPSA) is 76.5 Å². The van der Waals surface area contributed by atoms with Crippen LogP contribution >= 0.6 is 11.6 Å². The van der Waals surface area contributed by atoms with Gasteiger partial charge in [-0.15, -0.1) is 0 Å². The summed E-state index contributed by atoms with van der Waals surface area (Å²) in [5.74, 6) is 0.175. The number of fused-ring (bicyclic) bond motifs is 1. The van der Waals surface area contributed by atoms with Crippen LogP contribution in [-0.4, -0.2) is 16.6 Å². The third-order valence-corrected chi connectivity index (χ3v) is 2.39. The van der Waals surface area contributed by atoms with Gasteiger partial charge in [0.05, 0.1) is 0 Å². The Labute approximate surface area is 95.4 Å². The van der Waals surface area contributed by atoms with Gasteiger partial charge >= 0.3 is 0 Å². The Kier molecular flexibility index (Phi) is 2.80. The summed E-state index contributed by atoms with van der Waals surface area (Å²) in [4.78, 5) is 9.64. The molecule has 2 aromatic rings. The molecule has 0 amide bonds. The first-order valence-corrected chi connectivity index (χ1v) is 4.93. The number of halogens is 1. The highest BCUT2D eigenvalue weighted by atomic mass is 35.5. The van der Waals surface area contributed by atoms with E-state index >= 15 is 0 Å². The van der Waals surface area contributed by atoms with Crippen molar-refractivity contribution in [3.05, 3.63) is 45.2 Å². The maximum atomic E-state index is 10.2. The monoisotopic (exact) mass is 241 g/mol. The lowest BCUT2D eigenvalue weighted by Gasteiger charge is -2.00. The molecule has 1 aromatic carbocycles. The van der Waals surface area contributed by atoms with E-state index in [9.17, 15) is 15.2 Å². The second-order valence-electron chi connectivity index (χ2n) is 3.36. The zero-order valence-corrected chi connectivity index (χ0v) is 8.85. The number of aliphatic hydroxyl groups excluding tert-OH is 1. The summed E-state index contributed by atoms with van der Waals surface area (Å²) in [5, 5.41) is 21.0. The maximum absolute atomic E-state index is 10.2. The fraction of sp³-hybridized carbons (Fsp3) is 0.200. The standard InChI is InChI=1S/C10H8ClNO4/c11-7-2-1-6-3-10(16-9(6)4-7)8(13)5-12(14)15/h1-4,8,13H,5H2/t8-/m0/s1. The third-order valence-electron chi connectivity index (χ3n) is 2.15. The summed E-state index contributed by atoms with van der Waals surface area (Å²) in [5.41, 5.74) is 0.505. The van der Waals surface area contributed by atoms with Crippen molar-refractivity contribution in [1.82, 2.24) is 0 Å². The fourth-order valence-corrected chi connectivity index (χ4v) is 1.58. The van der Waals surface area contributed by atoms with Crippen LogP contribution in [0.1, 0.15) is 11.9 Å². The molecule has 0 bridgehead atoms. The third kappa shape index (κ3) is 2.15. The number of rotatable bonds is 3. The second kappa shape index (κ2) is 4.11. The zero-order valence-electron chi connectivity index (χ0n) is 8.09. The van der Waals surface area contributed by atoms with Gasteiger partial charge in [0.2, 0.25) is 6.54 Å². The van der Waals surface area contributed by atoms with E-state index in [1.54, 1.807) is 24.3 Å². The quantitative estimate of drug-likeness (QED) is 0.661. The summed E-state index contributed by atoms with van der Waals surface area (Å²) in [7, 11) is 0. The van der Waals surface area contributed by atoms with E-state index in [1.165, 1.54) is 0 Å². The van der Waals surface area contributed by atoms with Gasteiger partial charge in [-0.25, -0.2) is 0 Å². The van der Waals surface area contributed by atoms with E-state index in [2.05, 4.69) is 0 Å².